The number of hydrogen-bond donors (Lipinski definition) is 1. The van der Waals surface area contributed by atoms with E-state index in [1.165, 1.54) is 7.11 Å². The molecule has 1 aromatic heterocycles. The van der Waals surface area contributed by atoms with Gasteiger partial charge in [0, 0.05) is 0 Å². The molecule has 1 N–H and O–H groups in total. The molecule has 0 saturated heterocycles. The van der Waals surface area contributed by atoms with E-state index in [-0.39, 0.29) is 21.6 Å². The normalized spacial score (nSPS) is 10.6. The Bertz CT molecular complexity index is 531. The lowest BCUT2D eigenvalue weighted by atomic mass is 10.2. The van der Waals surface area contributed by atoms with Crippen LogP contribution in [0.5, 0.6) is 11.5 Å². The number of hydrogen-bond acceptors (Lipinski definition) is 4. The van der Waals surface area contributed by atoms with E-state index in [0.29, 0.717) is 11.3 Å². The van der Waals surface area contributed by atoms with Crippen molar-refractivity contribution in [2.24, 2.45) is 0 Å². The summed E-state index contributed by atoms with van der Waals surface area (Å²) in [4.78, 5) is 7.89. The van der Waals surface area contributed by atoms with Gasteiger partial charge in [-0.15, -0.1) is 0 Å². The second-order valence-electron chi connectivity index (χ2n) is 2.79. The van der Waals surface area contributed by atoms with Gasteiger partial charge >= 0.3 is 0 Å². The first-order valence-electron chi connectivity index (χ1n) is 4.02. The van der Waals surface area contributed by atoms with Gasteiger partial charge in [-0.3, -0.25) is 0 Å². The third-order valence-electron chi connectivity index (χ3n) is 1.91. The molecule has 0 atom stereocenters. The van der Waals surface area contributed by atoms with Crippen LogP contribution in [0.15, 0.2) is 12.1 Å². The van der Waals surface area contributed by atoms with Gasteiger partial charge in [0.15, 0.2) is 21.8 Å². The molecule has 1 aromatic carbocycles. The summed E-state index contributed by atoms with van der Waals surface area (Å²) in [5.41, 5.74) is 0.728. The Hall–Kier alpha value is -1.26. The summed E-state index contributed by atoms with van der Waals surface area (Å²) >= 11 is 11.4. The van der Waals surface area contributed by atoms with E-state index in [1.807, 2.05) is 0 Å². The van der Waals surface area contributed by atoms with E-state index in [2.05, 4.69) is 9.97 Å². The SMILES string of the molecule is COc1ccc2nc(Cl)c(Cl)nc2c1O. The number of aromatic hydroxyl groups is 1. The van der Waals surface area contributed by atoms with Crippen LogP contribution in [0.2, 0.25) is 10.3 Å². The highest BCUT2D eigenvalue weighted by Gasteiger charge is 2.11. The smallest absolute Gasteiger partial charge is 0.186 e. The van der Waals surface area contributed by atoms with E-state index in [9.17, 15) is 5.11 Å². The van der Waals surface area contributed by atoms with Crippen LogP contribution in [0.3, 0.4) is 0 Å². The van der Waals surface area contributed by atoms with Gasteiger partial charge in [0.25, 0.3) is 0 Å². The van der Waals surface area contributed by atoms with Gasteiger partial charge in [-0.25, -0.2) is 9.97 Å². The average molecular weight is 245 g/mol. The van der Waals surface area contributed by atoms with Gasteiger partial charge in [0.05, 0.1) is 12.6 Å². The fraction of sp³-hybridized carbons (Fsp3) is 0.111. The lowest BCUT2D eigenvalue weighted by Gasteiger charge is -2.05. The maximum atomic E-state index is 9.74. The topological polar surface area (TPSA) is 55.2 Å². The molecular weight excluding hydrogens is 239 g/mol. The van der Waals surface area contributed by atoms with E-state index in [4.69, 9.17) is 27.9 Å². The summed E-state index contributed by atoms with van der Waals surface area (Å²) in [5.74, 6) is 0.219. The van der Waals surface area contributed by atoms with Crippen molar-refractivity contribution in [1.82, 2.24) is 9.97 Å². The van der Waals surface area contributed by atoms with Crippen LogP contribution in [0.4, 0.5) is 0 Å². The first-order valence-corrected chi connectivity index (χ1v) is 4.77. The predicted molar refractivity (Wildman–Crippen MR) is 57.8 cm³/mol. The fourth-order valence-electron chi connectivity index (χ4n) is 1.21. The van der Waals surface area contributed by atoms with Crippen LogP contribution in [0.25, 0.3) is 11.0 Å². The van der Waals surface area contributed by atoms with Crippen molar-refractivity contribution < 1.29 is 9.84 Å². The maximum absolute atomic E-state index is 9.74. The standard InChI is InChI=1S/C9H6Cl2N2O2/c1-15-5-3-2-4-6(7(5)14)13-9(11)8(10)12-4/h2-3,14H,1H3. The highest BCUT2D eigenvalue weighted by molar-refractivity contribution is 6.40. The second-order valence-corrected chi connectivity index (χ2v) is 3.51. The molecule has 0 fully saturated rings. The zero-order valence-corrected chi connectivity index (χ0v) is 9.17. The van der Waals surface area contributed by atoms with Crippen molar-refractivity contribution >= 4 is 34.2 Å². The lowest BCUT2D eigenvalue weighted by molar-refractivity contribution is 0.376. The first kappa shape index (κ1) is 10.3. The molecule has 0 spiro atoms. The molecule has 1 heterocycles. The maximum Gasteiger partial charge on any atom is 0.186 e. The molecule has 0 bridgehead atoms. The van der Waals surface area contributed by atoms with E-state index in [1.54, 1.807) is 12.1 Å². The van der Waals surface area contributed by atoms with Gasteiger partial charge in [-0.2, -0.15) is 0 Å². The lowest BCUT2D eigenvalue weighted by Crippen LogP contribution is -1.90. The van der Waals surface area contributed by atoms with Gasteiger partial charge in [-0.1, -0.05) is 23.2 Å². The molecule has 78 valence electrons. The van der Waals surface area contributed by atoms with Crippen LogP contribution in [-0.4, -0.2) is 22.2 Å². The molecular formula is C9H6Cl2N2O2. The average Bonchev–Trinajstić information content (AvgIpc) is 2.22. The number of nitrogens with zero attached hydrogens (tertiary/aromatic N) is 2. The summed E-state index contributed by atoms with van der Waals surface area (Å²) in [6, 6.07) is 3.22. The number of fused-ring (bicyclic) bond motifs is 1. The highest BCUT2D eigenvalue weighted by Crippen LogP contribution is 2.34. The van der Waals surface area contributed by atoms with Crippen LogP contribution < -0.4 is 4.74 Å². The molecule has 0 amide bonds. The van der Waals surface area contributed by atoms with Crippen molar-refractivity contribution in [2.45, 2.75) is 0 Å². The van der Waals surface area contributed by atoms with Crippen molar-refractivity contribution in [1.29, 1.82) is 0 Å². The number of phenols is 1. The summed E-state index contributed by atoms with van der Waals surface area (Å²) in [7, 11) is 1.45. The number of halogens is 2. The first-order chi connectivity index (χ1) is 7.13. The second kappa shape index (κ2) is 3.72. The van der Waals surface area contributed by atoms with Crippen LogP contribution in [-0.2, 0) is 0 Å². The largest absolute Gasteiger partial charge is 0.503 e. The molecule has 0 aliphatic rings. The molecule has 0 aliphatic carbocycles. The fourth-order valence-corrected chi connectivity index (χ4v) is 1.47. The zero-order valence-electron chi connectivity index (χ0n) is 7.66. The molecule has 0 radical (unpaired) electrons. The van der Waals surface area contributed by atoms with E-state index >= 15 is 0 Å². The third kappa shape index (κ3) is 1.66. The number of ether oxygens (including phenoxy) is 1. The summed E-state index contributed by atoms with van der Waals surface area (Å²) in [6.07, 6.45) is 0. The van der Waals surface area contributed by atoms with Crippen molar-refractivity contribution in [3.63, 3.8) is 0 Å². The molecule has 2 aromatic rings. The van der Waals surface area contributed by atoms with Crippen molar-refractivity contribution in [2.75, 3.05) is 7.11 Å². The number of rotatable bonds is 1. The molecule has 0 saturated carbocycles. The van der Waals surface area contributed by atoms with Gasteiger partial charge in [0.1, 0.15) is 5.52 Å². The zero-order chi connectivity index (χ0) is 11.0. The molecule has 2 rings (SSSR count). The minimum atomic E-state index is -0.0962. The molecule has 0 unspecified atom stereocenters. The molecule has 6 heteroatoms. The number of benzene rings is 1. The van der Waals surface area contributed by atoms with Gasteiger partial charge < -0.3 is 9.84 Å². The summed E-state index contributed by atoms with van der Waals surface area (Å²) in [6.45, 7) is 0. The number of phenolic OH excluding ortho intramolecular Hbond substituents is 1. The Morgan fingerprint density at radius 3 is 2.53 bits per heavy atom. The summed E-state index contributed by atoms with van der Waals surface area (Å²) in [5, 5.41) is 9.89. The van der Waals surface area contributed by atoms with Crippen LogP contribution in [0.1, 0.15) is 0 Å². The third-order valence-corrected chi connectivity index (χ3v) is 2.54. The Balaban J connectivity index is 2.81. The van der Waals surface area contributed by atoms with Crippen molar-refractivity contribution in [3.05, 3.63) is 22.4 Å². The molecule has 15 heavy (non-hydrogen) atoms. The Morgan fingerprint density at radius 1 is 1.20 bits per heavy atom. The van der Waals surface area contributed by atoms with E-state index in [0.717, 1.165) is 0 Å². The Kier molecular flexibility index (Phi) is 2.54. The van der Waals surface area contributed by atoms with Crippen molar-refractivity contribution in [3.8, 4) is 11.5 Å². The quantitative estimate of drug-likeness (QED) is 0.838. The highest BCUT2D eigenvalue weighted by atomic mass is 35.5. The molecule has 0 aliphatic heterocycles. The van der Waals surface area contributed by atoms with E-state index < -0.39 is 0 Å². The van der Waals surface area contributed by atoms with Gasteiger partial charge in [0.2, 0.25) is 0 Å². The minimum absolute atomic E-state index is 0.0488. The Labute approximate surface area is 95.4 Å². The van der Waals surface area contributed by atoms with Crippen LogP contribution >= 0.6 is 23.2 Å². The van der Waals surface area contributed by atoms with Crippen LogP contribution in [0, 0.1) is 0 Å². The minimum Gasteiger partial charge on any atom is -0.503 e. The monoisotopic (exact) mass is 244 g/mol. The molecule has 4 nitrogen and oxygen atoms in total. The Morgan fingerprint density at radius 2 is 1.87 bits per heavy atom. The van der Waals surface area contributed by atoms with Gasteiger partial charge in [-0.05, 0) is 12.1 Å². The predicted octanol–water partition coefficient (Wildman–Crippen LogP) is 2.65. The number of aromatic nitrogens is 2. The number of methoxy groups -OCH3 is 1. The summed E-state index contributed by atoms with van der Waals surface area (Å²) < 4.78 is 4.93.